The number of fused-ring (bicyclic) bond motifs is 1. The molecule has 120 valence electrons. The summed E-state index contributed by atoms with van der Waals surface area (Å²) in [4.78, 5) is 2.14. The molecule has 1 aliphatic rings. The minimum atomic E-state index is -4.43. The number of rotatable bonds is 5. The Bertz CT molecular complexity index is 469. The van der Waals surface area contributed by atoms with Crippen LogP contribution in [0.3, 0.4) is 0 Å². The Morgan fingerprint density at radius 3 is 2.48 bits per heavy atom. The lowest BCUT2D eigenvalue weighted by atomic mass is 10.2. The van der Waals surface area contributed by atoms with Gasteiger partial charge in [-0.2, -0.15) is 13.2 Å². The maximum atomic E-state index is 12.8. The van der Waals surface area contributed by atoms with E-state index < -0.39 is 12.0 Å². The molecule has 0 aromatic carbocycles. The topological polar surface area (TPSA) is 46.0 Å². The summed E-state index contributed by atoms with van der Waals surface area (Å²) < 4.78 is 39.5. The first kappa shape index (κ1) is 16.2. The SMILES string of the molecule is CC(C)CNCC(C)N1CCn2c(nnc2C(F)(F)F)C1. The van der Waals surface area contributed by atoms with Crippen LogP contribution < -0.4 is 5.32 Å². The third-order valence-corrected chi connectivity index (χ3v) is 3.65. The summed E-state index contributed by atoms with van der Waals surface area (Å²) in [6.45, 7) is 9.38. The lowest BCUT2D eigenvalue weighted by molar-refractivity contribution is -0.148. The molecule has 0 amide bonds. The van der Waals surface area contributed by atoms with Crippen molar-refractivity contribution < 1.29 is 13.2 Å². The molecule has 1 unspecified atom stereocenters. The van der Waals surface area contributed by atoms with Gasteiger partial charge in [-0.15, -0.1) is 10.2 Å². The molecule has 0 aliphatic carbocycles. The number of nitrogens with one attached hydrogen (secondary N) is 1. The third-order valence-electron chi connectivity index (χ3n) is 3.65. The van der Waals surface area contributed by atoms with Gasteiger partial charge < -0.3 is 9.88 Å². The van der Waals surface area contributed by atoms with Crippen molar-refractivity contribution >= 4 is 0 Å². The molecule has 1 aromatic heterocycles. The fourth-order valence-corrected chi connectivity index (χ4v) is 2.47. The molecule has 1 N–H and O–H groups in total. The van der Waals surface area contributed by atoms with Crippen LogP contribution in [0.2, 0.25) is 0 Å². The Kier molecular flexibility index (Phi) is 4.88. The zero-order valence-electron chi connectivity index (χ0n) is 12.6. The highest BCUT2D eigenvalue weighted by Crippen LogP contribution is 2.29. The van der Waals surface area contributed by atoms with Crippen molar-refractivity contribution in [2.45, 2.75) is 46.1 Å². The van der Waals surface area contributed by atoms with E-state index in [1.54, 1.807) is 0 Å². The van der Waals surface area contributed by atoms with Crippen LogP contribution in [0.5, 0.6) is 0 Å². The summed E-state index contributed by atoms with van der Waals surface area (Å²) in [6.07, 6.45) is -4.43. The fourth-order valence-electron chi connectivity index (χ4n) is 2.47. The first-order chi connectivity index (χ1) is 9.79. The van der Waals surface area contributed by atoms with Crippen LogP contribution in [0.4, 0.5) is 13.2 Å². The molecule has 1 atom stereocenters. The van der Waals surface area contributed by atoms with Gasteiger partial charge in [-0.25, -0.2) is 0 Å². The Morgan fingerprint density at radius 2 is 1.86 bits per heavy atom. The first-order valence-electron chi connectivity index (χ1n) is 7.23. The van der Waals surface area contributed by atoms with Gasteiger partial charge in [-0.3, -0.25) is 4.90 Å². The van der Waals surface area contributed by atoms with E-state index in [9.17, 15) is 13.2 Å². The van der Waals surface area contributed by atoms with Crippen molar-refractivity contribution in [2.24, 2.45) is 5.92 Å². The number of alkyl halides is 3. The quantitative estimate of drug-likeness (QED) is 0.900. The average Bonchev–Trinajstić information content (AvgIpc) is 2.80. The summed E-state index contributed by atoms with van der Waals surface area (Å²) in [7, 11) is 0. The van der Waals surface area contributed by atoms with Crippen molar-refractivity contribution in [3.05, 3.63) is 11.6 Å². The highest BCUT2D eigenvalue weighted by molar-refractivity contribution is 5.02. The van der Waals surface area contributed by atoms with E-state index in [2.05, 4.69) is 41.2 Å². The van der Waals surface area contributed by atoms with Gasteiger partial charge in [0.25, 0.3) is 0 Å². The van der Waals surface area contributed by atoms with E-state index in [0.29, 0.717) is 24.8 Å². The Hall–Kier alpha value is -1.15. The smallest absolute Gasteiger partial charge is 0.315 e. The molecule has 21 heavy (non-hydrogen) atoms. The molecule has 0 spiro atoms. The maximum Gasteiger partial charge on any atom is 0.451 e. The summed E-state index contributed by atoms with van der Waals surface area (Å²) in [5.74, 6) is 0.0861. The van der Waals surface area contributed by atoms with Crippen LogP contribution in [0.1, 0.15) is 32.4 Å². The second-order valence-corrected chi connectivity index (χ2v) is 5.96. The zero-order valence-corrected chi connectivity index (χ0v) is 12.6. The molecular weight excluding hydrogens is 283 g/mol. The molecule has 0 fully saturated rings. The lowest BCUT2D eigenvalue weighted by Gasteiger charge is -2.33. The normalized spacial score (nSPS) is 18.0. The van der Waals surface area contributed by atoms with Gasteiger partial charge in [0.2, 0.25) is 5.82 Å². The van der Waals surface area contributed by atoms with Crippen LogP contribution in [-0.4, -0.2) is 45.3 Å². The van der Waals surface area contributed by atoms with E-state index in [0.717, 1.165) is 13.1 Å². The van der Waals surface area contributed by atoms with Gasteiger partial charge in [-0.05, 0) is 19.4 Å². The Labute approximate surface area is 122 Å². The zero-order chi connectivity index (χ0) is 15.6. The molecule has 2 heterocycles. The van der Waals surface area contributed by atoms with E-state index >= 15 is 0 Å². The van der Waals surface area contributed by atoms with Gasteiger partial charge in [0.1, 0.15) is 5.82 Å². The molecule has 1 aromatic rings. The molecule has 8 heteroatoms. The van der Waals surface area contributed by atoms with E-state index in [1.165, 1.54) is 4.57 Å². The van der Waals surface area contributed by atoms with Crippen LogP contribution in [0.25, 0.3) is 0 Å². The summed E-state index contributed by atoms with van der Waals surface area (Å²) in [6, 6.07) is 0.253. The van der Waals surface area contributed by atoms with E-state index in [-0.39, 0.29) is 12.6 Å². The van der Waals surface area contributed by atoms with Crippen LogP contribution >= 0.6 is 0 Å². The molecule has 0 saturated carbocycles. The molecule has 0 radical (unpaired) electrons. The lowest BCUT2D eigenvalue weighted by Crippen LogP contribution is -2.45. The van der Waals surface area contributed by atoms with Gasteiger partial charge in [0.05, 0.1) is 6.54 Å². The van der Waals surface area contributed by atoms with Crippen molar-refractivity contribution in [1.29, 1.82) is 0 Å². The summed E-state index contributed by atoms with van der Waals surface area (Å²) >= 11 is 0. The van der Waals surface area contributed by atoms with Crippen LogP contribution in [-0.2, 0) is 19.3 Å². The fraction of sp³-hybridized carbons (Fsp3) is 0.846. The standard InChI is InChI=1S/C13H22F3N5/c1-9(2)6-17-7-10(3)20-4-5-21-11(8-20)18-19-12(21)13(14,15)16/h9-10,17H,4-8H2,1-3H3. The van der Waals surface area contributed by atoms with Crippen LogP contribution in [0.15, 0.2) is 0 Å². The number of hydrogen-bond donors (Lipinski definition) is 1. The molecule has 1 aliphatic heterocycles. The number of nitrogens with zero attached hydrogens (tertiary/aromatic N) is 4. The second kappa shape index (κ2) is 6.31. The Morgan fingerprint density at radius 1 is 1.14 bits per heavy atom. The van der Waals surface area contributed by atoms with E-state index in [1.807, 2.05) is 0 Å². The van der Waals surface area contributed by atoms with Gasteiger partial charge in [0, 0.05) is 25.7 Å². The third kappa shape index (κ3) is 3.94. The van der Waals surface area contributed by atoms with Crippen molar-refractivity contribution in [3.63, 3.8) is 0 Å². The predicted molar refractivity (Wildman–Crippen MR) is 72.6 cm³/mol. The molecule has 2 rings (SSSR count). The molecule has 5 nitrogen and oxygen atoms in total. The number of halogens is 3. The van der Waals surface area contributed by atoms with Gasteiger partial charge >= 0.3 is 6.18 Å². The minimum Gasteiger partial charge on any atom is -0.315 e. The average molecular weight is 305 g/mol. The van der Waals surface area contributed by atoms with Crippen molar-refractivity contribution in [3.8, 4) is 0 Å². The highest BCUT2D eigenvalue weighted by atomic mass is 19.4. The monoisotopic (exact) mass is 305 g/mol. The summed E-state index contributed by atoms with van der Waals surface area (Å²) in [5, 5.41) is 10.4. The van der Waals surface area contributed by atoms with Crippen molar-refractivity contribution in [2.75, 3.05) is 19.6 Å². The number of aromatic nitrogens is 3. The van der Waals surface area contributed by atoms with E-state index in [4.69, 9.17) is 0 Å². The molecular formula is C13H22F3N5. The Balaban J connectivity index is 1.95. The maximum absolute atomic E-state index is 12.8. The van der Waals surface area contributed by atoms with Crippen molar-refractivity contribution in [1.82, 2.24) is 25.0 Å². The predicted octanol–water partition coefficient (Wildman–Crippen LogP) is 1.75. The summed E-state index contributed by atoms with van der Waals surface area (Å²) in [5.41, 5.74) is 0. The highest BCUT2D eigenvalue weighted by Gasteiger charge is 2.39. The van der Waals surface area contributed by atoms with Gasteiger partial charge in [0.15, 0.2) is 0 Å². The largest absolute Gasteiger partial charge is 0.451 e. The van der Waals surface area contributed by atoms with Crippen LogP contribution in [0, 0.1) is 5.92 Å². The molecule has 0 bridgehead atoms. The number of hydrogen-bond acceptors (Lipinski definition) is 4. The first-order valence-corrected chi connectivity index (χ1v) is 7.23. The minimum absolute atomic E-state index is 0.253. The van der Waals surface area contributed by atoms with Gasteiger partial charge in [-0.1, -0.05) is 13.8 Å². The second-order valence-electron chi connectivity index (χ2n) is 5.96. The molecule has 0 saturated heterocycles.